The predicted molar refractivity (Wildman–Crippen MR) is 91.7 cm³/mol. The van der Waals surface area contributed by atoms with Crippen molar-refractivity contribution in [3.63, 3.8) is 0 Å². The highest BCUT2D eigenvalue weighted by Crippen LogP contribution is 2.33. The van der Waals surface area contributed by atoms with Gasteiger partial charge in [0.15, 0.2) is 0 Å². The summed E-state index contributed by atoms with van der Waals surface area (Å²) in [4.78, 5) is 0.971. The number of anilines is 2. The number of hydrogen-bond acceptors (Lipinski definition) is 4. The normalized spacial score (nSPS) is 10.2. The third-order valence-corrected chi connectivity index (χ3v) is 4.08. The molecule has 0 atom stereocenters. The summed E-state index contributed by atoms with van der Waals surface area (Å²) >= 11 is 1.19. The largest absolute Gasteiger partial charge is 0.497 e. The molecule has 0 aromatic heterocycles. The maximum Gasteiger partial charge on any atom is 0.138 e. The van der Waals surface area contributed by atoms with E-state index in [2.05, 4.69) is 16.8 Å². The van der Waals surface area contributed by atoms with Gasteiger partial charge in [0, 0.05) is 21.7 Å². The molecule has 0 aliphatic carbocycles. The van der Waals surface area contributed by atoms with Gasteiger partial charge in [-0.1, -0.05) is 24.3 Å². The van der Waals surface area contributed by atoms with Gasteiger partial charge in [-0.15, -0.1) is 0 Å². The molecule has 0 saturated carbocycles. The Balaban J connectivity index is 2.00. The molecular weight excluding hydrogens is 292 g/mol. The standard InChI is InChI=1S/C18H14N2OS/c1-21-14-8-6-13(7-9-14)20-17-10-11-18(22-12-19)16-5-3-2-4-15(16)17/h2-11,20H,1H3. The number of methoxy groups -OCH3 is 1. The summed E-state index contributed by atoms with van der Waals surface area (Å²) in [7, 11) is 1.65. The van der Waals surface area contributed by atoms with E-state index in [1.54, 1.807) is 7.11 Å². The van der Waals surface area contributed by atoms with Crippen molar-refractivity contribution in [3.05, 3.63) is 60.7 Å². The summed E-state index contributed by atoms with van der Waals surface area (Å²) < 4.78 is 5.17. The van der Waals surface area contributed by atoms with E-state index in [1.165, 1.54) is 11.8 Å². The lowest BCUT2D eigenvalue weighted by molar-refractivity contribution is 0.415. The van der Waals surface area contributed by atoms with Crippen LogP contribution in [0.25, 0.3) is 10.8 Å². The molecule has 108 valence electrons. The molecule has 0 spiro atoms. The minimum Gasteiger partial charge on any atom is -0.497 e. The quantitative estimate of drug-likeness (QED) is 0.534. The molecule has 22 heavy (non-hydrogen) atoms. The first-order valence-electron chi connectivity index (χ1n) is 6.80. The number of benzene rings is 3. The first-order valence-corrected chi connectivity index (χ1v) is 7.62. The van der Waals surface area contributed by atoms with Crippen LogP contribution >= 0.6 is 11.8 Å². The number of thiocyanates is 1. The Bertz CT molecular complexity index is 838. The molecule has 0 aliphatic heterocycles. The molecule has 3 aromatic rings. The number of nitrogens with zero attached hydrogens (tertiary/aromatic N) is 1. The summed E-state index contributed by atoms with van der Waals surface area (Å²) in [6.45, 7) is 0. The number of rotatable bonds is 4. The highest BCUT2D eigenvalue weighted by molar-refractivity contribution is 8.04. The van der Waals surface area contributed by atoms with Crippen molar-refractivity contribution in [2.24, 2.45) is 0 Å². The van der Waals surface area contributed by atoms with Gasteiger partial charge >= 0.3 is 0 Å². The van der Waals surface area contributed by atoms with E-state index in [9.17, 15) is 0 Å². The zero-order valence-corrected chi connectivity index (χ0v) is 12.9. The van der Waals surface area contributed by atoms with E-state index in [0.717, 1.165) is 32.8 Å². The number of hydrogen-bond donors (Lipinski definition) is 1. The molecule has 0 unspecified atom stereocenters. The summed E-state index contributed by atoms with van der Waals surface area (Å²) in [6.07, 6.45) is 0. The Labute approximate surface area is 133 Å². The fourth-order valence-corrected chi connectivity index (χ4v) is 2.87. The molecule has 4 heteroatoms. The second-order valence-electron chi connectivity index (χ2n) is 4.70. The fraction of sp³-hybridized carbons (Fsp3) is 0.0556. The van der Waals surface area contributed by atoms with Gasteiger partial charge in [-0.3, -0.25) is 0 Å². The highest BCUT2D eigenvalue weighted by atomic mass is 32.2. The van der Waals surface area contributed by atoms with E-state index >= 15 is 0 Å². The van der Waals surface area contributed by atoms with Gasteiger partial charge in [-0.2, -0.15) is 5.26 Å². The molecule has 3 rings (SSSR count). The first-order chi connectivity index (χ1) is 10.8. The van der Waals surface area contributed by atoms with Gasteiger partial charge < -0.3 is 10.1 Å². The van der Waals surface area contributed by atoms with Crippen LogP contribution < -0.4 is 10.1 Å². The Morgan fingerprint density at radius 1 is 0.955 bits per heavy atom. The van der Waals surface area contributed by atoms with Crippen LogP contribution in [0.4, 0.5) is 11.4 Å². The van der Waals surface area contributed by atoms with Crippen molar-refractivity contribution in [3.8, 4) is 11.2 Å². The van der Waals surface area contributed by atoms with Crippen molar-refractivity contribution >= 4 is 33.9 Å². The van der Waals surface area contributed by atoms with Gasteiger partial charge in [0.2, 0.25) is 0 Å². The lowest BCUT2D eigenvalue weighted by Crippen LogP contribution is -1.92. The summed E-state index contributed by atoms with van der Waals surface area (Å²) in [5.74, 6) is 0.830. The molecule has 0 bridgehead atoms. The topological polar surface area (TPSA) is 45.0 Å². The van der Waals surface area contributed by atoms with Crippen LogP contribution in [0.2, 0.25) is 0 Å². The van der Waals surface area contributed by atoms with Crippen LogP contribution in [0.15, 0.2) is 65.6 Å². The number of ether oxygens (including phenoxy) is 1. The number of thioether (sulfide) groups is 1. The summed E-state index contributed by atoms with van der Waals surface area (Å²) in [6, 6.07) is 19.9. The molecule has 0 radical (unpaired) electrons. The average molecular weight is 306 g/mol. The van der Waals surface area contributed by atoms with Crippen molar-refractivity contribution in [2.45, 2.75) is 4.90 Å². The Morgan fingerprint density at radius 2 is 1.68 bits per heavy atom. The molecule has 3 nitrogen and oxygen atoms in total. The SMILES string of the molecule is COc1ccc(Nc2ccc(SC#N)c3ccccc23)cc1. The molecule has 3 aromatic carbocycles. The molecule has 0 heterocycles. The van der Waals surface area contributed by atoms with Crippen molar-refractivity contribution < 1.29 is 4.74 Å². The smallest absolute Gasteiger partial charge is 0.138 e. The maximum atomic E-state index is 8.92. The summed E-state index contributed by atoms with van der Waals surface area (Å²) in [5, 5.41) is 16.7. The number of nitrogens with one attached hydrogen (secondary N) is 1. The lowest BCUT2D eigenvalue weighted by atomic mass is 10.1. The van der Waals surface area contributed by atoms with Gasteiger partial charge in [0.05, 0.1) is 7.11 Å². The minimum absolute atomic E-state index is 0.830. The third kappa shape index (κ3) is 2.85. The van der Waals surface area contributed by atoms with Crippen LogP contribution in [0.1, 0.15) is 0 Å². The number of nitriles is 1. The van der Waals surface area contributed by atoms with E-state index in [-0.39, 0.29) is 0 Å². The van der Waals surface area contributed by atoms with Gasteiger partial charge in [-0.05, 0) is 53.5 Å². The second-order valence-corrected chi connectivity index (χ2v) is 5.53. The van der Waals surface area contributed by atoms with E-state index in [1.807, 2.05) is 54.6 Å². The van der Waals surface area contributed by atoms with Gasteiger partial charge in [0.1, 0.15) is 11.2 Å². The fourth-order valence-electron chi connectivity index (χ4n) is 2.35. The minimum atomic E-state index is 0.830. The maximum absolute atomic E-state index is 8.92. The van der Waals surface area contributed by atoms with E-state index in [4.69, 9.17) is 10.00 Å². The zero-order chi connectivity index (χ0) is 15.4. The third-order valence-electron chi connectivity index (χ3n) is 3.41. The van der Waals surface area contributed by atoms with Crippen LogP contribution in [0, 0.1) is 10.7 Å². The van der Waals surface area contributed by atoms with E-state index in [0.29, 0.717) is 0 Å². The van der Waals surface area contributed by atoms with Crippen LogP contribution in [-0.2, 0) is 0 Å². The molecular formula is C18H14N2OS. The van der Waals surface area contributed by atoms with E-state index < -0.39 is 0 Å². The van der Waals surface area contributed by atoms with Crippen molar-refractivity contribution in [1.29, 1.82) is 5.26 Å². The van der Waals surface area contributed by atoms with Gasteiger partial charge in [-0.25, -0.2) is 0 Å². The zero-order valence-electron chi connectivity index (χ0n) is 12.0. The van der Waals surface area contributed by atoms with Crippen molar-refractivity contribution in [2.75, 3.05) is 12.4 Å². The monoisotopic (exact) mass is 306 g/mol. The Kier molecular flexibility index (Phi) is 4.17. The van der Waals surface area contributed by atoms with Crippen LogP contribution in [0.3, 0.4) is 0 Å². The molecule has 0 aliphatic rings. The lowest BCUT2D eigenvalue weighted by Gasteiger charge is -2.12. The van der Waals surface area contributed by atoms with Crippen LogP contribution in [0.5, 0.6) is 5.75 Å². The van der Waals surface area contributed by atoms with Crippen LogP contribution in [-0.4, -0.2) is 7.11 Å². The first kappa shape index (κ1) is 14.3. The van der Waals surface area contributed by atoms with Crippen molar-refractivity contribution in [1.82, 2.24) is 0 Å². The second kappa shape index (κ2) is 6.42. The Morgan fingerprint density at radius 3 is 2.36 bits per heavy atom. The van der Waals surface area contributed by atoms with Gasteiger partial charge in [0.25, 0.3) is 0 Å². The molecule has 0 fully saturated rings. The average Bonchev–Trinajstić information content (AvgIpc) is 2.58. The predicted octanol–water partition coefficient (Wildman–Crippen LogP) is 5.17. The highest BCUT2D eigenvalue weighted by Gasteiger charge is 2.06. The Hall–Kier alpha value is -2.64. The number of fused-ring (bicyclic) bond motifs is 1. The summed E-state index contributed by atoms with van der Waals surface area (Å²) in [5.41, 5.74) is 2.01. The molecule has 0 amide bonds. The molecule has 1 N–H and O–H groups in total. The molecule has 0 saturated heterocycles.